The van der Waals surface area contributed by atoms with E-state index in [1.54, 1.807) is 0 Å². The molecule has 1 unspecified atom stereocenters. The van der Waals surface area contributed by atoms with Gasteiger partial charge in [-0.3, -0.25) is 14.4 Å². The summed E-state index contributed by atoms with van der Waals surface area (Å²) in [5.74, 6) is -1.03. The highest BCUT2D eigenvalue weighted by molar-refractivity contribution is 5.71. The van der Waals surface area contributed by atoms with E-state index in [9.17, 15) is 14.4 Å². The van der Waals surface area contributed by atoms with E-state index in [0.717, 1.165) is 154 Å². The Balaban J connectivity index is 4.35. The molecule has 0 radical (unpaired) electrons. The van der Waals surface area contributed by atoms with Crippen molar-refractivity contribution in [2.45, 2.75) is 207 Å². The Morgan fingerprint density at radius 2 is 0.580 bits per heavy atom. The summed E-state index contributed by atoms with van der Waals surface area (Å²) < 4.78 is 16.6. The van der Waals surface area contributed by atoms with Crippen molar-refractivity contribution in [1.82, 2.24) is 0 Å². The molecule has 384 valence electrons. The Bertz CT molecular complexity index is 1610. The SMILES string of the molecule is CC/C=C\C/C=C\C/C=C\C/C=C\C/C=C\C/C=C\C/C=C\CCCC(=O)OCC(COC(=O)CCCCCCC)OC(=O)CCCCCC/C=C\C/C=C\C/C=C\C/C=C\C/C=C\C/C=C\CC. The van der Waals surface area contributed by atoms with Crippen molar-refractivity contribution in [2.75, 3.05) is 13.2 Å². The Morgan fingerprint density at radius 1 is 0.304 bits per heavy atom. The smallest absolute Gasteiger partial charge is 0.306 e. The number of carbonyl (C=O) groups is 3. The molecule has 0 bridgehead atoms. The van der Waals surface area contributed by atoms with Crippen molar-refractivity contribution in [1.29, 1.82) is 0 Å². The minimum absolute atomic E-state index is 0.115. The third kappa shape index (κ3) is 53.8. The lowest BCUT2D eigenvalue weighted by atomic mass is 10.1. The predicted octanol–water partition coefficient (Wildman–Crippen LogP) is 18.2. The van der Waals surface area contributed by atoms with Crippen LogP contribution < -0.4 is 0 Å². The lowest BCUT2D eigenvalue weighted by Gasteiger charge is -2.18. The highest BCUT2D eigenvalue weighted by Gasteiger charge is 2.19. The van der Waals surface area contributed by atoms with Gasteiger partial charge in [0, 0.05) is 19.3 Å². The lowest BCUT2D eigenvalue weighted by molar-refractivity contribution is -0.167. The van der Waals surface area contributed by atoms with E-state index in [0.29, 0.717) is 12.8 Å². The van der Waals surface area contributed by atoms with Crippen LogP contribution >= 0.6 is 0 Å². The van der Waals surface area contributed by atoms with E-state index in [2.05, 4.69) is 179 Å². The van der Waals surface area contributed by atoms with E-state index < -0.39 is 6.10 Å². The second-order valence-corrected chi connectivity index (χ2v) is 17.0. The van der Waals surface area contributed by atoms with Gasteiger partial charge in [0.2, 0.25) is 0 Å². The standard InChI is InChI=1S/C63H96O6/c1-4-7-10-13-15-17-19-21-23-25-27-29-31-33-35-37-39-41-43-45-47-50-53-56-62(65)68-59-60(58-67-61(64)55-52-49-12-9-6-3)69-63(66)57-54-51-48-46-44-42-40-38-36-34-32-30-28-26-24-22-20-18-16-14-11-8-5-2/h7-8,10-11,15-18,21-24,27-30,33-36,39-42,45,47,60H,4-6,9,12-14,19-20,25-26,31-32,37-38,43-44,46,48-59H2,1-3H3/b10-7-,11-8-,17-15-,18-16-,23-21-,24-22-,29-27-,30-28-,35-33-,36-34-,41-39-,42-40-,47-45-. The van der Waals surface area contributed by atoms with Crippen LogP contribution in [-0.2, 0) is 28.6 Å². The first kappa shape index (κ1) is 64.0. The van der Waals surface area contributed by atoms with Gasteiger partial charge in [0.25, 0.3) is 0 Å². The van der Waals surface area contributed by atoms with Gasteiger partial charge in [-0.15, -0.1) is 0 Å². The van der Waals surface area contributed by atoms with Crippen LogP contribution in [0.25, 0.3) is 0 Å². The van der Waals surface area contributed by atoms with Gasteiger partial charge in [-0.05, 0) is 122 Å². The van der Waals surface area contributed by atoms with Crippen LogP contribution in [0, 0.1) is 0 Å². The summed E-state index contributed by atoms with van der Waals surface area (Å²) in [5.41, 5.74) is 0. The molecule has 0 N–H and O–H groups in total. The fourth-order valence-electron chi connectivity index (χ4n) is 6.55. The van der Waals surface area contributed by atoms with Crippen molar-refractivity contribution >= 4 is 17.9 Å². The van der Waals surface area contributed by atoms with Gasteiger partial charge in [0.15, 0.2) is 6.10 Å². The molecule has 0 aliphatic carbocycles. The first-order valence-electron chi connectivity index (χ1n) is 27.0. The highest BCUT2D eigenvalue weighted by atomic mass is 16.6. The molecular weight excluding hydrogens is 853 g/mol. The van der Waals surface area contributed by atoms with Crippen molar-refractivity contribution < 1.29 is 28.6 Å². The van der Waals surface area contributed by atoms with Gasteiger partial charge in [-0.1, -0.05) is 217 Å². The summed E-state index contributed by atoms with van der Waals surface area (Å²) in [6, 6.07) is 0. The summed E-state index contributed by atoms with van der Waals surface area (Å²) in [6.07, 6.45) is 81.3. The van der Waals surface area contributed by atoms with Crippen LogP contribution in [0.1, 0.15) is 201 Å². The summed E-state index contributed by atoms with van der Waals surface area (Å²) in [4.78, 5) is 37.7. The average molecular weight is 949 g/mol. The van der Waals surface area contributed by atoms with Crippen molar-refractivity contribution in [2.24, 2.45) is 0 Å². The molecule has 0 aromatic rings. The van der Waals surface area contributed by atoms with Crippen molar-refractivity contribution in [3.8, 4) is 0 Å². The maximum absolute atomic E-state index is 12.8. The Morgan fingerprint density at radius 3 is 0.928 bits per heavy atom. The van der Waals surface area contributed by atoms with Crippen molar-refractivity contribution in [3.63, 3.8) is 0 Å². The van der Waals surface area contributed by atoms with Gasteiger partial charge in [0.1, 0.15) is 13.2 Å². The summed E-state index contributed by atoms with van der Waals surface area (Å²) in [7, 11) is 0. The quantitative estimate of drug-likeness (QED) is 0.0262. The lowest BCUT2D eigenvalue weighted by Crippen LogP contribution is -2.30. The van der Waals surface area contributed by atoms with Crippen molar-refractivity contribution in [3.05, 3.63) is 158 Å². The summed E-state index contributed by atoms with van der Waals surface area (Å²) in [6.45, 7) is 6.22. The van der Waals surface area contributed by atoms with Gasteiger partial charge < -0.3 is 14.2 Å². The molecule has 0 aromatic heterocycles. The van der Waals surface area contributed by atoms with E-state index in [1.807, 2.05) is 0 Å². The zero-order valence-corrected chi connectivity index (χ0v) is 43.8. The number of hydrogen-bond donors (Lipinski definition) is 0. The maximum Gasteiger partial charge on any atom is 0.306 e. The zero-order chi connectivity index (χ0) is 50.0. The number of carbonyl (C=O) groups excluding carboxylic acids is 3. The molecule has 0 aliphatic rings. The second-order valence-electron chi connectivity index (χ2n) is 17.0. The van der Waals surface area contributed by atoms with Crippen LogP contribution in [0.2, 0.25) is 0 Å². The maximum atomic E-state index is 12.8. The summed E-state index contributed by atoms with van der Waals surface area (Å²) >= 11 is 0. The summed E-state index contributed by atoms with van der Waals surface area (Å²) in [5, 5.41) is 0. The molecule has 0 heterocycles. The molecule has 69 heavy (non-hydrogen) atoms. The predicted molar refractivity (Wildman–Crippen MR) is 297 cm³/mol. The molecule has 1 atom stereocenters. The minimum Gasteiger partial charge on any atom is -0.462 e. The third-order valence-electron chi connectivity index (χ3n) is 10.5. The number of ether oxygens (including phenoxy) is 3. The normalized spacial score (nSPS) is 13.4. The van der Waals surface area contributed by atoms with Crippen LogP contribution in [0.5, 0.6) is 0 Å². The van der Waals surface area contributed by atoms with E-state index >= 15 is 0 Å². The topological polar surface area (TPSA) is 78.9 Å². The van der Waals surface area contributed by atoms with Gasteiger partial charge in [-0.2, -0.15) is 0 Å². The Hall–Kier alpha value is -4.97. The molecule has 0 saturated heterocycles. The molecule has 0 amide bonds. The number of unbranched alkanes of at least 4 members (excludes halogenated alkanes) is 9. The number of rotatable bonds is 46. The molecule has 0 fully saturated rings. The van der Waals surface area contributed by atoms with Crippen LogP contribution in [0.4, 0.5) is 0 Å². The molecule has 6 nitrogen and oxygen atoms in total. The largest absolute Gasteiger partial charge is 0.462 e. The fraction of sp³-hybridized carbons (Fsp3) is 0.540. The Labute approximate surface area is 422 Å². The number of hydrogen-bond acceptors (Lipinski definition) is 6. The minimum atomic E-state index is -0.820. The first-order chi connectivity index (χ1) is 34.0. The van der Waals surface area contributed by atoms with Crippen LogP contribution in [0.3, 0.4) is 0 Å². The number of allylic oxidation sites excluding steroid dienone is 26. The molecule has 0 saturated carbocycles. The second kappa shape index (κ2) is 55.6. The van der Waals surface area contributed by atoms with E-state index in [4.69, 9.17) is 14.2 Å². The monoisotopic (exact) mass is 949 g/mol. The fourth-order valence-corrected chi connectivity index (χ4v) is 6.55. The molecule has 0 spiro atoms. The molecule has 0 aliphatic heterocycles. The van der Waals surface area contributed by atoms with Crippen LogP contribution in [-0.4, -0.2) is 37.2 Å². The van der Waals surface area contributed by atoms with Gasteiger partial charge >= 0.3 is 17.9 Å². The molecule has 0 rings (SSSR count). The first-order valence-corrected chi connectivity index (χ1v) is 27.0. The third-order valence-corrected chi connectivity index (χ3v) is 10.5. The molecule has 6 heteroatoms. The molecular formula is C63H96O6. The van der Waals surface area contributed by atoms with Gasteiger partial charge in [0.05, 0.1) is 0 Å². The zero-order valence-electron chi connectivity index (χ0n) is 43.8. The van der Waals surface area contributed by atoms with Crippen LogP contribution in [0.15, 0.2) is 158 Å². The van der Waals surface area contributed by atoms with Gasteiger partial charge in [-0.25, -0.2) is 0 Å². The van der Waals surface area contributed by atoms with E-state index in [-0.39, 0.29) is 44.0 Å². The van der Waals surface area contributed by atoms with E-state index in [1.165, 1.54) is 0 Å². The molecule has 0 aromatic carbocycles. The highest BCUT2D eigenvalue weighted by Crippen LogP contribution is 2.11. The average Bonchev–Trinajstić information content (AvgIpc) is 3.35. The number of esters is 3. The Kier molecular flexibility index (Phi) is 51.6.